The number of aromatic nitrogens is 2. The van der Waals surface area contributed by atoms with Crippen molar-refractivity contribution < 1.29 is 4.42 Å². The zero-order chi connectivity index (χ0) is 16.9. The predicted octanol–water partition coefficient (Wildman–Crippen LogP) is 2.84. The minimum Gasteiger partial charge on any atom is -0.468 e. The van der Waals surface area contributed by atoms with Gasteiger partial charge in [0.15, 0.2) is 0 Å². The van der Waals surface area contributed by atoms with Crippen LogP contribution in [0, 0.1) is 0 Å². The molecule has 0 saturated carbocycles. The smallest absolute Gasteiger partial charge is 0.123 e. The second-order valence-corrected chi connectivity index (χ2v) is 6.59. The van der Waals surface area contributed by atoms with Gasteiger partial charge in [-0.2, -0.15) is 0 Å². The molecule has 0 radical (unpaired) electrons. The van der Waals surface area contributed by atoms with Crippen LogP contribution in [0.2, 0.25) is 0 Å². The van der Waals surface area contributed by atoms with Crippen molar-refractivity contribution in [2.24, 2.45) is 0 Å². The lowest BCUT2D eigenvalue weighted by molar-refractivity contribution is 0.113. The van der Waals surface area contributed by atoms with Crippen LogP contribution in [-0.4, -0.2) is 45.5 Å². The zero-order valence-electron chi connectivity index (χ0n) is 14.4. The summed E-state index contributed by atoms with van der Waals surface area (Å²) in [7, 11) is 0. The second-order valence-electron chi connectivity index (χ2n) is 6.59. The van der Waals surface area contributed by atoms with Crippen molar-refractivity contribution in [1.29, 1.82) is 0 Å². The summed E-state index contributed by atoms with van der Waals surface area (Å²) in [5, 5.41) is 0. The number of nitrogens with zero attached hydrogens (tertiary/aromatic N) is 4. The van der Waals surface area contributed by atoms with Crippen molar-refractivity contribution in [3.8, 4) is 0 Å². The molecule has 3 aromatic rings. The van der Waals surface area contributed by atoms with Crippen LogP contribution in [0.3, 0.4) is 0 Å². The molecule has 4 rings (SSSR count). The molecule has 0 spiro atoms. The second kappa shape index (κ2) is 7.68. The van der Waals surface area contributed by atoms with E-state index in [1.807, 2.05) is 18.3 Å². The van der Waals surface area contributed by atoms with Crippen molar-refractivity contribution in [2.75, 3.05) is 26.2 Å². The van der Waals surface area contributed by atoms with Crippen molar-refractivity contribution in [3.05, 3.63) is 78.3 Å². The van der Waals surface area contributed by atoms with Gasteiger partial charge in [0.05, 0.1) is 19.4 Å². The summed E-state index contributed by atoms with van der Waals surface area (Å²) in [4.78, 5) is 9.52. The Morgan fingerprint density at radius 1 is 0.840 bits per heavy atom. The van der Waals surface area contributed by atoms with Gasteiger partial charge in [0.2, 0.25) is 0 Å². The standard InChI is InChI=1S/C20H24N4O/c1-2-5-18(6-3-1)15-24-9-8-21-20(24)17-23-12-10-22(11-13-23)16-19-7-4-14-25-19/h1-9,14H,10-13,15-17H2. The highest BCUT2D eigenvalue weighted by molar-refractivity contribution is 5.15. The summed E-state index contributed by atoms with van der Waals surface area (Å²) in [6.07, 6.45) is 5.74. The number of imidazole rings is 1. The molecular formula is C20H24N4O. The van der Waals surface area contributed by atoms with E-state index in [0.29, 0.717) is 0 Å². The first-order chi connectivity index (χ1) is 12.4. The molecule has 25 heavy (non-hydrogen) atoms. The molecule has 1 aromatic carbocycles. The molecule has 5 heteroatoms. The van der Waals surface area contributed by atoms with E-state index in [1.54, 1.807) is 6.26 Å². The van der Waals surface area contributed by atoms with Crippen LogP contribution < -0.4 is 0 Å². The van der Waals surface area contributed by atoms with E-state index >= 15 is 0 Å². The molecule has 130 valence electrons. The Bertz CT molecular complexity index is 758. The Labute approximate surface area is 148 Å². The summed E-state index contributed by atoms with van der Waals surface area (Å²) in [6, 6.07) is 14.6. The van der Waals surface area contributed by atoms with Gasteiger partial charge in [-0.15, -0.1) is 0 Å². The van der Waals surface area contributed by atoms with Crippen LogP contribution in [0.1, 0.15) is 17.1 Å². The third kappa shape index (κ3) is 4.18. The van der Waals surface area contributed by atoms with Crippen molar-refractivity contribution >= 4 is 0 Å². The molecule has 1 aliphatic heterocycles. The number of furan rings is 1. The molecule has 1 fully saturated rings. The number of piperazine rings is 1. The molecule has 0 unspecified atom stereocenters. The lowest BCUT2D eigenvalue weighted by Gasteiger charge is -2.34. The quantitative estimate of drug-likeness (QED) is 0.694. The Hall–Kier alpha value is -2.37. The Morgan fingerprint density at radius 3 is 2.32 bits per heavy atom. The normalized spacial score (nSPS) is 16.3. The van der Waals surface area contributed by atoms with Crippen molar-refractivity contribution in [1.82, 2.24) is 19.4 Å². The maximum absolute atomic E-state index is 5.45. The average Bonchev–Trinajstić information content (AvgIpc) is 3.30. The maximum atomic E-state index is 5.45. The SMILES string of the molecule is c1ccc(Cn2ccnc2CN2CCN(Cc3ccco3)CC2)cc1. The molecule has 0 atom stereocenters. The molecule has 0 N–H and O–H groups in total. The van der Waals surface area contributed by atoms with Gasteiger partial charge in [0.1, 0.15) is 11.6 Å². The van der Waals surface area contributed by atoms with Gasteiger partial charge in [-0.25, -0.2) is 4.98 Å². The number of hydrogen-bond acceptors (Lipinski definition) is 4. The maximum Gasteiger partial charge on any atom is 0.123 e. The van der Waals surface area contributed by atoms with Crippen LogP contribution >= 0.6 is 0 Å². The molecule has 0 aliphatic carbocycles. The molecule has 0 bridgehead atoms. The van der Waals surface area contributed by atoms with Crippen molar-refractivity contribution in [2.45, 2.75) is 19.6 Å². The first kappa shape index (κ1) is 16.1. The fraction of sp³-hybridized carbons (Fsp3) is 0.350. The number of rotatable bonds is 6. The third-order valence-corrected chi connectivity index (χ3v) is 4.79. The minimum atomic E-state index is 0.884. The topological polar surface area (TPSA) is 37.4 Å². The van der Waals surface area contributed by atoms with E-state index in [-0.39, 0.29) is 0 Å². The average molecular weight is 336 g/mol. The third-order valence-electron chi connectivity index (χ3n) is 4.79. The van der Waals surface area contributed by atoms with Gasteiger partial charge < -0.3 is 8.98 Å². The van der Waals surface area contributed by atoms with Crippen LogP contribution in [0.25, 0.3) is 0 Å². The van der Waals surface area contributed by atoms with E-state index < -0.39 is 0 Å². The van der Waals surface area contributed by atoms with Crippen LogP contribution in [0.5, 0.6) is 0 Å². The highest BCUT2D eigenvalue weighted by Crippen LogP contribution is 2.12. The molecule has 5 nitrogen and oxygen atoms in total. The predicted molar refractivity (Wildman–Crippen MR) is 97.0 cm³/mol. The van der Waals surface area contributed by atoms with Gasteiger partial charge in [-0.3, -0.25) is 9.80 Å². The first-order valence-electron chi connectivity index (χ1n) is 8.88. The number of benzene rings is 1. The summed E-state index contributed by atoms with van der Waals surface area (Å²) >= 11 is 0. The first-order valence-corrected chi connectivity index (χ1v) is 8.88. The van der Waals surface area contributed by atoms with Crippen LogP contribution in [0.4, 0.5) is 0 Å². The summed E-state index contributed by atoms with van der Waals surface area (Å²) in [5.41, 5.74) is 1.31. The Kier molecular flexibility index (Phi) is 4.95. The largest absolute Gasteiger partial charge is 0.468 e. The molecule has 3 heterocycles. The fourth-order valence-electron chi connectivity index (χ4n) is 3.34. The molecule has 1 aliphatic rings. The van der Waals surface area contributed by atoms with Gasteiger partial charge >= 0.3 is 0 Å². The lowest BCUT2D eigenvalue weighted by atomic mass is 10.2. The summed E-state index contributed by atoms with van der Waals surface area (Å²) < 4.78 is 7.71. The van der Waals surface area contributed by atoms with Gasteiger partial charge in [0.25, 0.3) is 0 Å². The highest BCUT2D eigenvalue weighted by Gasteiger charge is 2.19. The van der Waals surface area contributed by atoms with Crippen LogP contribution in [0.15, 0.2) is 65.5 Å². The summed E-state index contributed by atoms with van der Waals surface area (Å²) in [6.45, 7) is 6.98. The van der Waals surface area contributed by atoms with Crippen molar-refractivity contribution in [3.63, 3.8) is 0 Å². The fourth-order valence-corrected chi connectivity index (χ4v) is 3.34. The van der Waals surface area contributed by atoms with Crippen LogP contribution in [-0.2, 0) is 19.6 Å². The van der Waals surface area contributed by atoms with Gasteiger partial charge in [-0.05, 0) is 17.7 Å². The lowest BCUT2D eigenvalue weighted by Crippen LogP contribution is -2.45. The van der Waals surface area contributed by atoms with Gasteiger partial charge in [-0.1, -0.05) is 30.3 Å². The minimum absolute atomic E-state index is 0.884. The number of hydrogen-bond donors (Lipinski definition) is 0. The molecule has 2 aromatic heterocycles. The van der Waals surface area contributed by atoms with E-state index in [4.69, 9.17) is 4.42 Å². The van der Waals surface area contributed by atoms with E-state index in [2.05, 4.69) is 55.9 Å². The van der Waals surface area contributed by atoms with E-state index in [9.17, 15) is 0 Å². The molecular weight excluding hydrogens is 312 g/mol. The Morgan fingerprint density at radius 2 is 1.60 bits per heavy atom. The van der Waals surface area contributed by atoms with E-state index in [0.717, 1.165) is 57.4 Å². The monoisotopic (exact) mass is 336 g/mol. The molecule has 1 saturated heterocycles. The van der Waals surface area contributed by atoms with E-state index in [1.165, 1.54) is 5.56 Å². The summed E-state index contributed by atoms with van der Waals surface area (Å²) in [5.74, 6) is 2.19. The Balaban J connectivity index is 1.31. The zero-order valence-corrected chi connectivity index (χ0v) is 14.4. The highest BCUT2D eigenvalue weighted by atomic mass is 16.3. The molecule has 0 amide bonds. The van der Waals surface area contributed by atoms with Gasteiger partial charge in [0, 0.05) is 45.1 Å².